The van der Waals surface area contributed by atoms with Crippen LogP contribution in [0.15, 0.2) is 24.3 Å². The van der Waals surface area contributed by atoms with Gasteiger partial charge in [0.2, 0.25) is 5.91 Å². The van der Waals surface area contributed by atoms with Gasteiger partial charge in [-0.25, -0.2) is 4.79 Å². The van der Waals surface area contributed by atoms with Crippen LogP contribution in [0.5, 0.6) is 0 Å². The number of hydrogen-bond acceptors (Lipinski definition) is 4. The minimum Gasteiger partial charge on any atom is -0.464 e. The van der Waals surface area contributed by atoms with Gasteiger partial charge in [-0.2, -0.15) is 0 Å². The summed E-state index contributed by atoms with van der Waals surface area (Å²) in [4.78, 5) is 30.9. The van der Waals surface area contributed by atoms with Crippen LogP contribution in [0.1, 0.15) is 57.4 Å². The highest BCUT2D eigenvalue weighted by atomic mass is 16.5. The molecule has 2 aliphatic rings. The normalized spacial score (nSPS) is 27.0. The van der Waals surface area contributed by atoms with Gasteiger partial charge in [0.25, 0.3) is 0 Å². The summed E-state index contributed by atoms with van der Waals surface area (Å²) >= 11 is 0. The summed E-state index contributed by atoms with van der Waals surface area (Å²) in [6, 6.07) is 7.71. The highest BCUT2D eigenvalue weighted by Gasteiger charge is 2.51. The molecule has 29 heavy (non-hydrogen) atoms. The smallest absolute Gasteiger partial charge is 0.356 e. The predicted octanol–water partition coefficient (Wildman–Crippen LogP) is 4.18. The number of carbonyl (C=O) groups excluding carboxylic acids is 2. The van der Waals surface area contributed by atoms with Gasteiger partial charge in [-0.05, 0) is 43.1 Å². The number of nitrogens with zero attached hydrogens (tertiary/aromatic N) is 1. The Morgan fingerprint density at radius 2 is 1.97 bits per heavy atom. The summed E-state index contributed by atoms with van der Waals surface area (Å²) in [5, 5.41) is 3.83. The first-order valence-corrected chi connectivity index (χ1v) is 10.4. The number of likely N-dealkylation sites (tertiary alicyclic amines) is 1. The predicted molar refractivity (Wildman–Crippen MR) is 114 cm³/mol. The van der Waals surface area contributed by atoms with Crippen LogP contribution >= 0.6 is 0 Å². The molecule has 2 N–H and O–H groups in total. The number of nitrogens with one attached hydrogen (secondary N) is 2. The van der Waals surface area contributed by atoms with Crippen LogP contribution in [0.3, 0.4) is 0 Å². The van der Waals surface area contributed by atoms with Gasteiger partial charge in [0, 0.05) is 23.5 Å². The second-order valence-corrected chi connectivity index (χ2v) is 9.96. The number of aromatic amines is 1. The van der Waals surface area contributed by atoms with E-state index in [-0.39, 0.29) is 23.1 Å². The average molecular weight is 398 g/mol. The van der Waals surface area contributed by atoms with E-state index < -0.39 is 5.97 Å². The fourth-order valence-corrected chi connectivity index (χ4v) is 5.86. The van der Waals surface area contributed by atoms with Gasteiger partial charge >= 0.3 is 5.97 Å². The number of methoxy groups -OCH3 is 1. The summed E-state index contributed by atoms with van der Waals surface area (Å²) in [6.07, 6.45) is 3.45. The van der Waals surface area contributed by atoms with E-state index in [0.29, 0.717) is 17.1 Å². The lowest BCUT2D eigenvalue weighted by Crippen LogP contribution is -2.45. The number of fused-ring (bicyclic) bond motifs is 3. The van der Waals surface area contributed by atoms with Gasteiger partial charge in [0.1, 0.15) is 5.69 Å². The second kappa shape index (κ2) is 6.87. The Morgan fingerprint density at radius 1 is 1.24 bits per heavy atom. The number of hydrogen-bond donors (Lipinski definition) is 2. The summed E-state index contributed by atoms with van der Waals surface area (Å²) in [7, 11) is 1.34. The van der Waals surface area contributed by atoms with Gasteiger partial charge in [-0.15, -0.1) is 0 Å². The first-order valence-electron chi connectivity index (χ1n) is 10.4. The number of esters is 1. The number of carbonyl (C=O) groups is 2. The van der Waals surface area contributed by atoms with Crippen molar-refractivity contribution >= 4 is 28.5 Å². The maximum absolute atomic E-state index is 13.2. The van der Waals surface area contributed by atoms with E-state index in [9.17, 15) is 9.59 Å². The van der Waals surface area contributed by atoms with Gasteiger partial charge < -0.3 is 15.0 Å². The fourth-order valence-electron chi connectivity index (χ4n) is 5.86. The first kappa shape index (κ1) is 20.0. The highest BCUT2D eigenvalue weighted by molar-refractivity contribution is 6.11. The van der Waals surface area contributed by atoms with E-state index in [0.717, 1.165) is 30.3 Å². The molecule has 2 heterocycles. The van der Waals surface area contributed by atoms with E-state index in [1.807, 2.05) is 31.2 Å². The molecule has 2 fully saturated rings. The van der Waals surface area contributed by atoms with Crippen molar-refractivity contribution in [1.82, 2.24) is 9.88 Å². The van der Waals surface area contributed by atoms with E-state index in [1.54, 1.807) is 0 Å². The molecule has 1 aliphatic heterocycles. The van der Waals surface area contributed by atoms with E-state index in [2.05, 4.69) is 36.0 Å². The Hall–Kier alpha value is -2.34. The monoisotopic (exact) mass is 397 g/mol. The molecule has 2 aromatic rings. The topological polar surface area (TPSA) is 74.4 Å². The number of benzene rings is 1. The minimum absolute atomic E-state index is 0.0890. The molecule has 1 saturated carbocycles. The van der Waals surface area contributed by atoms with Gasteiger partial charge in [-0.3, -0.25) is 9.69 Å². The van der Waals surface area contributed by atoms with Crippen molar-refractivity contribution in [1.29, 1.82) is 0 Å². The third-order valence-electron chi connectivity index (χ3n) is 6.68. The molecule has 0 unspecified atom stereocenters. The molecule has 3 atom stereocenters. The molecule has 1 aromatic heterocycles. The van der Waals surface area contributed by atoms with Gasteiger partial charge in [0.05, 0.1) is 18.8 Å². The third-order valence-corrected chi connectivity index (χ3v) is 6.68. The van der Waals surface area contributed by atoms with E-state index >= 15 is 0 Å². The molecule has 6 heteroatoms. The maximum atomic E-state index is 13.2. The van der Waals surface area contributed by atoms with Crippen LogP contribution in [-0.2, 0) is 9.53 Å². The van der Waals surface area contributed by atoms with Crippen LogP contribution in [0, 0.1) is 10.8 Å². The number of anilines is 1. The zero-order chi connectivity index (χ0) is 21.0. The highest BCUT2D eigenvalue weighted by Crippen LogP contribution is 2.53. The number of ether oxygens (including phenoxy) is 1. The van der Waals surface area contributed by atoms with Gasteiger partial charge in [-0.1, -0.05) is 39.0 Å². The molecule has 156 valence electrons. The summed E-state index contributed by atoms with van der Waals surface area (Å²) in [5.41, 5.74) is 2.14. The van der Waals surface area contributed by atoms with Crippen LogP contribution in [0.25, 0.3) is 10.9 Å². The fraction of sp³-hybridized carbons (Fsp3) is 0.565. The standard InChI is InChI=1S/C23H31N3O3/c1-14(26-13-23(4)11-15(26)10-22(2,3)12-23)20(27)25-18-16-8-6-7-9-17(16)24-19(18)21(28)29-5/h6-9,14-15,24H,10-13H2,1-5H3,(H,25,27)/t14-,15-,23-/m1/s1. The minimum atomic E-state index is -0.490. The van der Waals surface area contributed by atoms with Crippen molar-refractivity contribution in [3.63, 3.8) is 0 Å². The van der Waals surface area contributed by atoms with Crippen LogP contribution in [0.2, 0.25) is 0 Å². The average Bonchev–Trinajstić information content (AvgIpc) is 3.14. The van der Waals surface area contributed by atoms with E-state index in [4.69, 9.17) is 4.74 Å². The molecule has 0 spiro atoms. The molecule has 1 aromatic carbocycles. The SMILES string of the molecule is COC(=O)c1[nH]c2ccccc2c1NC(=O)[C@@H](C)N1C[C@]2(C)C[C@H]1CC(C)(C)C2. The van der Waals surface area contributed by atoms with E-state index in [1.165, 1.54) is 13.5 Å². The number of H-pyrrole nitrogens is 1. The number of para-hydroxylation sites is 1. The molecule has 6 nitrogen and oxygen atoms in total. The summed E-state index contributed by atoms with van der Waals surface area (Å²) < 4.78 is 4.91. The Balaban J connectivity index is 1.60. The zero-order valence-corrected chi connectivity index (χ0v) is 18.0. The molecule has 4 rings (SSSR count). The molecule has 0 radical (unpaired) electrons. The maximum Gasteiger partial charge on any atom is 0.356 e. The second-order valence-electron chi connectivity index (χ2n) is 9.96. The van der Waals surface area contributed by atoms with Crippen LogP contribution in [-0.4, -0.2) is 47.5 Å². The molecule has 1 saturated heterocycles. The quantitative estimate of drug-likeness (QED) is 0.759. The molecular weight excluding hydrogens is 366 g/mol. The molecule has 1 aliphatic carbocycles. The lowest BCUT2D eigenvalue weighted by Gasteiger charge is -2.40. The van der Waals surface area contributed by atoms with Crippen molar-refractivity contribution in [3.05, 3.63) is 30.0 Å². The van der Waals surface area contributed by atoms with Crippen LogP contribution < -0.4 is 5.32 Å². The van der Waals surface area contributed by atoms with Crippen molar-refractivity contribution in [2.24, 2.45) is 10.8 Å². The lowest BCUT2D eigenvalue weighted by molar-refractivity contribution is -0.121. The lowest BCUT2D eigenvalue weighted by atomic mass is 9.65. The zero-order valence-electron chi connectivity index (χ0n) is 18.0. The Labute approximate surface area is 172 Å². The van der Waals surface area contributed by atoms with Gasteiger partial charge in [0.15, 0.2) is 0 Å². The van der Waals surface area contributed by atoms with Crippen molar-refractivity contribution in [2.75, 3.05) is 19.0 Å². The van der Waals surface area contributed by atoms with Crippen molar-refractivity contribution < 1.29 is 14.3 Å². The summed E-state index contributed by atoms with van der Waals surface area (Å²) in [6.45, 7) is 9.92. The first-order chi connectivity index (χ1) is 13.6. The molecular formula is C23H31N3O3. The Morgan fingerprint density at radius 3 is 2.69 bits per heavy atom. The Kier molecular flexibility index (Phi) is 4.73. The van der Waals surface area contributed by atoms with Crippen LogP contribution in [0.4, 0.5) is 5.69 Å². The summed E-state index contributed by atoms with van der Waals surface area (Å²) in [5.74, 6) is -0.579. The third kappa shape index (κ3) is 3.54. The number of rotatable bonds is 4. The Bertz CT molecular complexity index is 963. The van der Waals surface area contributed by atoms with Crippen molar-refractivity contribution in [2.45, 2.75) is 59.0 Å². The molecule has 2 bridgehead atoms. The van der Waals surface area contributed by atoms with Crippen molar-refractivity contribution in [3.8, 4) is 0 Å². The largest absolute Gasteiger partial charge is 0.464 e. The number of aromatic nitrogens is 1. The number of amides is 1. The molecule has 1 amide bonds.